The minimum Gasteiger partial charge on any atom is -0.310 e. The molecule has 49 heavy (non-hydrogen) atoms. The van der Waals surface area contributed by atoms with Gasteiger partial charge in [0.25, 0.3) is 0 Å². The maximum Gasteiger partial charge on any atom is 0.0554 e. The van der Waals surface area contributed by atoms with Crippen molar-refractivity contribution in [2.24, 2.45) is 0 Å². The van der Waals surface area contributed by atoms with Crippen LogP contribution in [0.1, 0.15) is 23.1 Å². The minimum atomic E-state index is 1.10. The van der Waals surface area contributed by atoms with E-state index in [0.717, 1.165) is 18.5 Å². The summed E-state index contributed by atoms with van der Waals surface area (Å²) < 4.78 is 2.61. The Balaban J connectivity index is 1.22. The second-order valence-corrected chi connectivity index (χ2v) is 13.9. The molecule has 7 aromatic carbocycles. The van der Waals surface area contributed by atoms with Gasteiger partial charge in [0.15, 0.2) is 0 Å². The number of rotatable bonds is 6. The van der Waals surface area contributed by atoms with Crippen LogP contribution in [0.2, 0.25) is 0 Å². The quantitative estimate of drug-likeness (QED) is 0.174. The second kappa shape index (κ2) is 12.4. The maximum absolute atomic E-state index is 2.48. The van der Waals surface area contributed by atoms with Crippen molar-refractivity contribution in [2.45, 2.75) is 19.8 Å². The molecule has 0 N–H and O–H groups in total. The fourth-order valence-electron chi connectivity index (χ4n) is 7.52. The lowest BCUT2D eigenvalue weighted by atomic mass is 9.88. The van der Waals surface area contributed by atoms with Crippen LogP contribution < -0.4 is 4.90 Å². The Labute approximate surface area is 292 Å². The Kier molecular flexibility index (Phi) is 7.45. The average molecular weight is 646 g/mol. The number of anilines is 3. The van der Waals surface area contributed by atoms with Crippen molar-refractivity contribution in [3.05, 3.63) is 180 Å². The molecule has 0 saturated carbocycles. The highest BCUT2D eigenvalue weighted by Gasteiger charge is 2.22. The van der Waals surface area contributed by atoms with E-state index in [0.29, 0.717) is 0 Å². The van der Waals surface area contributed by atoms with Crippen LogP contribution in [0.4, 0.5) is 17.1 Å². The molecular formula is C47H35NS. The topological polar surface area (TPSA) is 3.24 Å². The average Bonchev–Trinajstić information content (AvgIpc) is 3.56. The standard InChI is InChI=1S/C47H35NS/c1-32-39(41-22-10-16-35-15-5-6-19-40(35)41)21-11-23-43(32)48(44-24-12-26-46-47(44)42-20-7-8-25-45(42)49-46)38-29-27-34(28-30-38)37-18-9-17-36(31-37)33-13-3-2-4-14-33/h2-4,6-14,16-31H,5,15H2,1H3. The molecule has 2 heteroatoms. The van der Waals surface area contributed by atoms with Crippen LogP contribution in [-0.2, 0) is 6.42 Å². The molecule has 0 bridgehead atoms. The molecule has 0 saturated heterocycles. The summed E-state index contributed by atoms with van der Waals surface area (Å²) in [4.78, 5) is 2.48. The molecule has 0 amide bonds. The SMILES string of the molecule is Cc1c(-c2cccc3c2C=CCC3)cccc1N(c1ccc(-c2cccc(-c3ccccc3)c2)cc1)c1cccc2sc3ccccc3c12. The molecule has 0 atom stereocenters. The molecule has 0 fully saturated rings. The van der Waals surface area contributed by atoms with Crippen LogP contribution in [0.15, 0.2) is 164 Å². The normalized spacial score (nSPS) is 12.3. The summed E-state index contributed by atoms with van der Waals surface area (Å²) >= 11 is 1.87. The van der Waals surface area contributed by atoms with Gasteiger partial charge in [-0.05, 0) is 112 Å². The van der Waals surface area contributed by atoms with E-state index in [4.69, 9.17) is 0 Å². The minimum absolute atomic E-state index is 1.10. The summed E-state index contributed by atoms with van der Waals surface area (Å²) in [5, 5.41) is 2.60. The van der Waals surface area contributed by atoms with Crippen molar-refractivity contribution in [1.82, 2.24) is 0 Å². The Morgan fingerprint density at radius 2 is 1.18 bits per heavy atom. The predicted molar refractivity (Wildman–Crippen MR) is 212 cm³/mol. The number of aryl methyl sites for hydroxylation is 1. The first-order valence-electron chi connectivity index (χ1n) is 17.1. The molecule has 1 nitrogen and oxygen atoms in total. The van der Waals surface area contributed by atoms with Gasteiger partial charge in [0, 0.05) is 31.5 Å². The molecular weight excluding hydrogens is 611 g/mol. The van der Waals surface area contributed by atoms with E-state index in [-0.39, 0.29) is 0 Å². The van der Waals surface area contributed by atoms with Crippen molar-refractivity contribution >= 4 is 54.6 Å². The van der Waals surface area contributed by atoms with Gasteiger partial charge in [0.2, 0.25) is 0 Å². The molecule has 1 heterocycles. The molecule has 0 unspecified atom stereocenters. The summed E-state index contributed by atoms with van der Waals surface area (Å²) in [6.45, 7) is 2.29. The van der Waals surface area contributed by atoms with Crippen LogP contribution in [0, 0.1) is 6.92 Å². The zero-order valence-corrected chi connectivity index (χ0v) is 28.3. The number of thiophene rings is 1. The lowest BCUT2D eigenvalue weighted by Gasteiger charge is -2.29. The van der Waals surface area contributed by atoms with Gasteiger partial charge >= 0.3 is 0 Å². The number of benzene rings is 7. The van der Waals surface area contributed by atoms with Gasteiger partial charge in [-0.15, -0.1) is 11.3 Å². The largest absolute Gasteiger partial charge is 0.310 e. The van der Waals surface area contributed by atoms with E-state index in [1.54, 1.807) is 0 Å². The summed E-state index contributed by atoms with van der Waals surface area (Å²) in [6, 6.07) is 57.8. The first kappa shape index (κ1) is 29.4. The van der Waals surface area contributed by atoms with Gasteiger partial charge in [0.05, 0.1) is 5.69 Å². The summed E-state index contributed by atoms with van der Waals surface area (Å²) in [7, 11) is 0. The smallest absolute Gasteiger partial charge is 0.0554 e. The van der Waals surface area contributed by atoms with Gasteiger partial charge in [-0.25, -0.2) is 0 Å². The lowest BCUT2D eigenvalue weighted by Crippen LogP contribution is -2.12. The molecule has 0 radical (unpaired) electrons. The predicted octanol–water partition coefficient (Wildman–Crippen LogP) is 13.8. The summed E-state index contributed by atoms with van der Waals surface area (Å²) in [5.74, 6) is 0. The van der Waals surface area contributed by atoms with Crippen molar-refractivity contribution in [3.63, 3.8) is 0 Å². The van der Waals surface area contributed by atoms with Gasteiger partial charge in [-0.1, -0.05) is 127 Å². The molecule has 8 aromatic rings. The van der Waals surface area contributed by atoms with Gasteiger partial charge in [-0.3, -0.25) is 0 Å². The Hall–Kier alpha value is -5.70. The number of hydrogen-bond donors (Lipinski definition) is 0. The lowest BCUT2D eigenvalue weighted by molar-refractivity contribution is 0.986. The molecule has 9 rings (SSSR count). The van der Waals surface area contributed by atoms with E-state index in [2.05, 4.69) is 182 Å². The fourth-order valence-corrected chi connectivity index (χ4v) is 8.65. The third-order valence-electron chi connectivity index (χ3n) is 9.95. The molecule has 0 aliphatic heterocycles. The Morgan fingerprint density at radius 1 is 0.531 bits per heavy atom. The van der Waals surface area contributed by atoms with Crippen molar-refractivity contribution < 1.29 is 0 Å². The van der Waals surface area contributed by atoms with Crippen molar-refractivity contribution in [1.29, 1.82) is 0 Å². The maximum atomic E-state index is 2.48. The summed E-state index contributed by atoms with van der Waals surface area (Å²) in [5.41, 5.74) is 15.0. The molecule has 0 spiro atoms. The van der Waals surface area contributed by atoms with E-state index in [9.17, 15) is 0 Å². The van der Waals surface area contributed by atoms with Gasteiger partial charge in [-0.2, -0.15) is 0 Å². The zero-order valence-electron chi connectivity index (χ0n) is 27.4. The number of nitrogens with zero attached hydrogens (tertiary/aromatic N) is 1. The van der Waals surface area contributed by atoms with Crippen LogP contribution in [-0.4, -0.2) is 0 Å². The monoisotopic (exact) mass is 645 g/mol. The fraction of sp³-hybridized carbons (Fsp3) is 0.0638. The highest BCUT2D eigenvalue weighted by atomic mass is 32.1. The number of allylic oxidation sites excluding steroid dienone is 1. The van der Waals surface area contributed by atoms with Crippen molar-refractivity contribution in [3.8, 4) is 33.4 Å². The van der Waals surface area contributed by atoms with E-state index >= 15 is 0 Å². The van der Waals surface area contributed by atoms with Crippen LogP contribution in [0.25, 0.3) is 59.6 Å². The third kappa shape index (κ3) is 5.26. The number of hydrogen-bond acceptors (Lipinski definition) is 2. The molecule has 1 aliphatic carbocycles. The zero-order chi connectivity index (χ0) is 32.7. The van der Waals surface area contributed by atoms with Crippen LogP contribution in [0.3, 0.4) is 0 Å². The first-order chi connectivity index (χ1) is 24.2. The van der Waals surface area contributed by atoms with E-state index in [1.807, 2.05) is 11.3 Å². The Bertz CT molecular complexity index is 2500. The number of fused-ring (bicyclic) bond motifs is 4. The van der Waals surface area contributed by atoms with E-state index in [1.165, 1.54) is 81.6 Å². The van der Waals surface area contributed by atoms with Crippen molar-refractivity contribution in [2.75, 3.05) is 4.90 Å². The van der Waals surface area contributed by atoms with E-state index < -0.39 is 0 Å². The third-order valence-corrected chi connectivity index (χ3v) is 11.1. The molecule has 234 valence electrons. The first-order valence-corrected chi connectivity index (χ1v) is 17.9. The second-order valence-electron chi connectivity index (χ2n) is 12.8. The van der Waals surface area contributed by atoms with Gasteiger partial charge in [0.1, 0.15) is 0 Å². The molecule has 1 aliphatic rings. The van der Waals surface area contributed by atoms with Crippen LogP contribution in [0.5, 0.6) is 0 Å². The highest BCUT2D eigenvalue weighted by Crippen LogP contribution is 2.47. The Morgan fingerprint density at radius 3 is 2.04 bits per heavy atom. The highest BCUT2D eigenvalue weighted by molar-refractivity contribution is 7.26. The van der Waals surface area contributed by atoms with Gasteiger partial charge < -0.3 is 4.90 Å². The summed E-state index contributed by atoms with van der Waals surface area (Å²) in [6.07, 6.45) is 6.84. The molecule has 1 aromatic heterocycles. The van der Waals surface area contributed by atoms with Crippen LogP contribution >= 0.6 is 11.3 Å².